The second-order valence-electron chi connectivity index (χ2n) is 3.69. The van der Waals surface area contributed by atoms with Crippen LogP contribution in [0.25, 0.3) is 0 Å². The van der Waals surface area contributed by atoms with Gasteiger partial charge >= 0.3 is 0 Å². The van der Waals surface area contributed by atoms with Crippen molar-refractivity contribution in [3.8, 4) is 0 Å². The van der Waals surface area contributed by atoms with Gasteiger partial charge in [0.25, 0.3) is 5.69 Å². The molecule has 20 heavy (non-hydrogen) atoms. The van der Waals surface area contributed by atoms with E-state index in [9.17, 15) is 23.3 Å². The summed E-state index contributed by atoms with van der Waals surface area (Å²) in [5, 5.41) is 15.8. The predicted octanol–water partition coefficient (Wildman–Crippen LogP) is -0.339. The zero-order chi connectivity index (χ0) is 15.3. The van der Waals surface area contributed by atoms with Crippen LogP contribution in [0.15, 0.2) is 23.1 Å². The van der Waals surface area contributed by atoms with E-state index in [4.69, 9.17) is 0 Å². The first-order valence-corrected chi connectivity index (χ1v) is 6.96. The summed E-state index contributed by atoms with van der Waals surface area (Å²) < 4.78 is 25.9. The summed E-state index contributed by atoms with van der Waals surface area (Å²) in [4.78, 5) is 20.7. The van der Waals surface area contributed by atoms with Crippen molar-refractivity contribution >= 4 is 27.3 Å². The molecule has 1 rings (SSSR count). The second-order valence-corrected chi connectivity index (χ2v) is 5.42. The maximum absolute atomic E-state index is 12.0. The van der Waals surface area contributed by atoms with Crippen LogP contribution in [0.2, 0.25) is 0 Å². The number of hydrogen-bond donors (Lipinski definition) is 3. The molecule has 1 amide bonds. The number of amides is 1. The monoisotopic (exact) mass is 302 g/mol. The number of nitro benzene ring substituents is 1. The minimum atomic E-state index is -4.15. The first-order chi connectivity index (χ1) is 9.31. The number of nitrogens with one attached hydrogen (secondary N) is 3. The van der Waals surface area contributed by atoms with Crippen molar-refractivity contribution in [1.82, 2.24) is 10.0 Å². The van der Waals surface area contributed by atoms with Crippen LogP contribution in [-0.2, 0) is 14.8 Å². The molecule has 1 aromatic rings. The lowest BCUT2D eigenvalue weighted by Crippen LogP contribution is -2.35. The Kier molecular flexibility index (Phi) is 5.00. The van der Waals surface area contributed by atoms with E-state index >= 15 is 0 Å². The Balaban J connectivity index is 3.17. The normalized spacial score (nSPS) is 10.9. The quantitative estimate of drug-likeness (QED) is 0.487. The molecule has 0 aliphatic carbocycles. The van der Waals surface area contributed by atoms with Gasteiger partial charge in [-0.2, -0.15) is 0 Å². The van der Waals surface area contributed by atoms with Crippen LogP contribution in [0, 0.1) is 10.1 Å². The van der Waals surface area contributed by atoms with E-state index in [2.05, 4.69) is 10.6 Å². The number of nitro groups is 1. The molecular formula is C10H14N4O5S. The van der Waals surface area contributed by atoms with Crippen LogP contribution in [0.5, 0.6) is 0 Å². The van der Waals surface area contributed by atoms with Crippen molar-refractivity contribution in [1.29, 1.82) is 0 Å². The summed E-state index contributed by atoms with van der Waals surface area (Å²) in [6.45, 7) is -0.496. The number of anilines is 1. The first-order valence-electron chi connectivity index (χ1n) is 5.48. The van der Waals surface area contributed by atoms with Gasteiger partial charge in [0.15, 0.2) is 4.90 Å². The zero-order valence-electron chi connectivity index (χ0n) is 10.8. The molecule has 9 nitrogen and oxygen atoms in total. The Morgan fingerprint density at radius 3 is 2.50 bits per heavy atom. The Hall–Kier alpha value is -2.20. The minimum absolute atomic E-state index is 0.405. The lowest BCUT2D eigenvalue weighted by atomic mass is 10.3. The average molecular weight is 302 g/mol. The maximum atomic E-state index is 12.0. The van der Waals surface area contributed by atoms with Gasteiger partial charge in [0.2, 0.25) is 15.9 Å². The molecule has 0 bridgehead atoms. The molecule has 0 atom stereocenters. The van der Waals surface area contributed by atoms with Gasteiger partial charge in [0.05, 0.1) is 11.5 Å². The van der Waals surface area contributed by atoms with Gasteiger partial charge in [-0.3, -0.25) is 14.9 Å². The van der Waals surface area contributed by atoms with Gasteiger partial charge < -0.3 is 10.6 Å². The van der Waals surface area contributed by atoms with Crippen LogP contribution in [0.4, 0.5) is 11.4 Å². The standard InChI is InChI=1S/C10H14N4O5S/c1-11-7-3-4-9(8(5-7)14(16)17)20(18,19)13-6-10(15)12-2/h3-5,11,13H,6H2,1-2H3,(H,12,15). The number of likely N-dealkylation sites (N-methyl/N-ethyl adjacent to an activating group) is 1. The molecule has 0 spiro atoms. The molecule has 110 valence electrons. The highest BCUT2D eigenvalue weighted by molar-refractivity contribution is 7.89. The van der Waals surface area contributed by atoms with Gasteiger partial charge in [-0.1, -0.05) is 0 Å². The summed E-state index contributed by atoms with van der Waals surface area (Å²) >= 11 is 0. The molecule has 0 aliphatic heterocycles. The van der Waals surface area contributed by atoms with Crippen molar-refractivity contribution in [2.45, 2.75) is 4.90 Å². The van der Waals surface area contributed by atoms with Crippen LogP contribution < -0.4 is 15.4 Å². The van der Waals surface area contributed by atoms with Crippen LogP contribution in [0.1, 0.15) is 0 Å². The van der Waals surface area contributed by atoms with Crippen LogP contribution in [-0.4, -0.2) is 39.9 Å². The molecule has 0 aromatic heterocycles. The number of benzene rings is 1. The number of carbonyl (C=O) groups is 1. The fourth-order valence-corrected chi connectivity index (χ4v) is 2.50. The molecule has 0 fully saturated rings. The van der Waals surface area contributed by atoms with Gasteiger partial charge in [-0.15, -0.1) is 0 Å². The zero-order valence-corrected chi connectivity index (χ0v) is 11.7. The molecule has 1 aromatic carbocycles. The lowest BCUT2D eigenvalue weighted by molar-refractivity contribution is -0.387. The molecule has 3 N–H and O–H groups in total. The molecular weight excluding hydrogens is 288 g/mol. The smallest absolute Gasteiger partial charge is 0.291 e. The summed E-state index contributed by atoms with van der Waals surface area (Å²) in [7, 11) is -1.25. The predicted molar refractivity (Wildman–Crippen MR) is 71.9 cm³/mol. The van der Waals surface area contributed by atoms with Crippen LogP contribution in [0.3, 0.4) is 0 Å². The van der Waals surface area contributed by atoms with E-state index in [0.29, 0.717) is 5.69 Å². The third kappa shape index (κ3) is 3.65. The first kappa shape index (κ1) is 15.9. The fourth-order valence-electron chi connectivity index (χ4n) is 1.37. The van der Waals surface area contributed by atoms with Crippen molar-refractivity contribution < 1.29 is 18.1 Å². The number of hydrogen-bond acceptors (Lipinski definition) is 6. The summed E-state index contributed by atoms with van der Waals surface area (Å²) in [5.74, 6) is -0.553. The maximum Gasteiger partial charge on any atom is 0.291 e. The highest BCUT2D eigenvalue weighted by Crippen LogP contribution is 2.26. The average Bonchev–Trinajstić information content (AvgIpc) is 2.43. The Morgan fingerprint density at radius 2 is 2.00 bits per heavy atom. The van der Waals surface area contributed by atoms with Gasteiger partial charge in [-0.25, -0.2) is 13.1 Å². The molecule has 0 radical (unpaired) electrons. The highest BCUT2D eigenvalue weighted by Gasteiger charge is 2.26. The van der Waals surface area contributed by atoms with E-state index < -0.39 is 38.0 Å². The SMILES string of the molecule is CNC(=O)CNS(=O)(=O)c1ccc(NC)cc1[N+](=O)[O-]. The molecule has 0 heterocycles. The van der Waals surface area contributed by atoms with E-state index in [1.165, 1.54) is 13.1 Å². The number of carbonyl (C=O) groups excluding carboxylic acids is 1. The third-order valence-electron chi connectivity index (χ3n) is 2.44. The molecule has 0 unspecified atom stereocenters. The molecule has 0 aliphatic rings. The third-order valence-corrected chi connectivity index (χ3v) is 3.88. The molecule has 10 heteroatoms. The van der Waals surface area contributed by atoms with E-state index in [1.807, 2.05) is 4.72 Å². The summed E-state index contributed by atoms with van der Waals surface area (Å²) in [5.41, 5.74) is -0.164. The van der Waals surface area contributed by atoms with Crippen molar-refractivity contribution in [2.75, 3.05) is 26.0 Å². The summed E-state index contributed by atoms with van der Waals surface area (Å²) in [6.07, 6.45) is 0. The highest BCUT2D eigenvalue weighted by atomic mass is 32.2. The van der Waals surface area contributed by atoms with Gasteiger partial charge in [0, 0.05) is 25.8 Å². The molecule has 0 saturated heterocycles. The number of rotatable bonds is 6. The second kappa shape index (κ2) is 6.30. The van der Waals surface area contributed by atoms with E-state index in [0.717, 1.165) is 12.1 Å². The van der Waals surface area contributed by atoms with Crippen molar-refractivity contribution in [3.63, 3.8) is 0 Å². The topological polar surface area (TPSA) is 130 Å². The minimum Gasteiger partial charge on any atom is -0.388 e. The van der Waals surface area contributed by atoms with Crippen LogP contribution >= 0.6 is 0 Å². The Morgan fingerprint density at radius 1 is 1.35 bits per heavy atom. The Labute approximate surface area is 115 Å². The van der Waals surface area contributed by atoms with Gasteiger partial charge in [-0.05, 0) is 12.1 Å². The number of nitrogens with zero attached hydrogens (tertiary/aromatic N) is 1. The van der Waals surface area contributed by atoms with E-state index in [1.54, 1.807) is 7.05 Å². The van der Waals surface area contributed by atoms with Gasteiger partial charge in [0.1, 0.15) is 0 Å². The molecule has 0 saturated carbocycles. The van der Waals surface area contributed by atoms with E-state index in [-0.39, 0.29) is 0 Å². The largest absolute Gasteiger partial charge is 0.388 e. The van der Waals surface area contributed by atoms with Crippen molar-refractivity contribution in [2.24, 2.45) is 0 Å². The lowest BCUT2D eigenvalue weighted by Gasteiger charge is -2.08. The summed E-state index contributed by atoms with van der Waals surface area (Å²) in [6, 6.07) is 3.60. The number of sulfonamides is 1. The van der Waals surface area contributed by atoms with Crippen molar-refractivity contribution in [3.05, 3.63) is 28.3 Å². The Bertz CT molecular complexity index is 629. The fraction of sp³-hybridized carbons (Fsp3) is 0.300.